The molecular formula is C20H24N4O2. The average Bonchev–Trinajstić information content (AvgIpc) is 3.21. The number of amides is 2. The van der Waals surface area contributed by atoms with E-state index in [0.29, 0.717) is 16.8 Å². The molecule has 0 aliphatic carbocycles. The number of benzene rings is 1. The van der Waals surface area contributed by atoms with E-state index in [1.54, 1.807) is 42.6 Å². The van der Waals surface area contributed by atoms with Crippen LogP contribution in [0.3, 0.4) is 0 Å². The second-order valence-electron chi connectivity index (χ2n) is 6.42. The molecule has 1 atom stereocenters. The average molecular weight is 352 g/mol. The smallest absolute Gasteiger partial charge is 0.257 e. The number of carbonyl (C=O) groups is 2. The third-order valence-electron chi connectivity index (χ3n) is 4.49. The van der Waals surface area contributed by atoms with Crippen molar-refractivity contribution in [3.05, 3.63) is 59.9 Å². The molecule has 6 nitrogen and oxygen atoms in total. The van der Waals surface area contributed by atoms with Gasteiger partial charge in [0.25, 0.3) is 11.8 Å². The molecule has 1 aromatic carbocycles. The van der Waals surface area contributed by atoms with Crippen molar-refractivity contribution in [1.29, 1.82) is 0 Å². The Morgan fingerprint density at radius 3 is 2.81 bits per heavy atom. The summed E-state index contributed by atoms with van der Waals surface area (Å²) in [5.74, 6) is -0.230. The number of carbonyl (C=O) groups excluding carboxylic acids is 2. The Bertz CT molecular complexity index is 757. The molecule has 2 amide bonds. The number of rotatable bonds is 6. The molecule has 1 aliphatic rings. The first-order valence-corrected chi connectivity index (χ1v) is 9.02. The normalized spacial score (nSPS) is 16.3. The quantitative estimate of drug-likeness (QED) is 0.838. The molecule has 1 aromatic heterocycles. The number of hydrogen-bond donors (Lipinski definition) is 2. The van der Waals surface area contributed by atoms with Crippen molar-refractivity contribution in [2.45, 2.75) is 25.8 Å². The molecule has 0 radical (unpaired) electrons. The zero-order chi connectivity index (χ0) is 18.4. The zero-order valence-corrected chi connectivity index (χ0v) is 14.9. The Kier molecular flexibility index (Phi) is 5.96. The highest BCUT2D eigenvalue weighted by molar-refractivity contribution is 6.05. The number of nitrogens with zero attached hydrogens (tertiary/aromatic N) is 2. The van der Waals surface area contributed by atoms with Crippen molar-refractivity contribution < 1.29 is 9.59 Å². The van der Waals surface area contributed by atoms with Crippen molar-refractivity contribution >= 4 is 17.5 Å². The minimum Gasteiger partial charge on any atom is -0.334 e. The highest BCUT2D eigenvalue weighted by atomic mass is 16.2. The number of nitrogens with one attached hydrogen (secondary N) is 2. The molecule has 136 valence electrons. The van der Waals surface area contributed by atoms with Crippen molar-refractivity contribution in [2.75, 3.05) is 25.0 Å². The van der Waals surface area contributed by atoms with Crippen LogP contribution in [0.1, 0.15) is 40.5 Å². The fraction of sp³-hybridized carbons (Fsp3) is 0.350. The molecule has 2 heterocycles. The van der Waals surface area contributed by atoms with Crippen molar-refractivity contribution in [3.63, 3.8) is 0 Å². The first-order chi connectivity index (χ1) is 12.7. The Morgan fingerprint density at radius 2 is 2.12 bits per heavy atom. The standard InChI is InChI=1S/C20H24N4O2/c1-2-11-24(18-8-10-22-14-18)20(26)15-5-3-7-17(12-15)23-19(25)16-6-4-9-21-13-16/h3-7,9,12-13,18,22H,2,8,10-11,14H2,1H3,(H,23,25). The van der Waals surface area contributed by atoms with Crippen LogP contribution in [-0.2, 0) is 0 Å². The molecular weight excluding hydrogens is 328 g/mol. The maximum atomic E-state index is 13.0. The zero-order valence-electron chi connectivity index (χ0n) is 14.9. The third kappa shape index (κ3) is 4.26. The Morgan fingerprint density at radius 1 is 1.27 bits per heavy atom. The van der Waals surface area contributed by atoms with E-state index in [4.69, 9.17) is 0 Å². The molecule has 1 aliphatic heterocycles. The second-order valence-corrected chi connectivity index (χ2v) is 6.42. The van der Waals surface area contributed by atoms with Gasteiger partial charge in [-0.1, -0.05) is 13.0 Å². The lowest BCUT2D eigenvalue weighted by Crippen LogP contribution is -2.42. The summed E-state index contributed by atoms with van der Waals surface area (Å²) >= 11 is 0. The molecule has 1 fully saturated rings. The van der Waals surface area contributed by atoms with Crippen LogP contribution < -0.4 is 10.6 Å². The van der Waals surface area contributed by atoms with Gasteiger partial charge in [-0.15, -0.1) is 0 Å². The van der Waals surface area contributed by atoms with E-state index in [1.165, 1.54) is 6.20 Å². The molecule has 3 rings (SSSR count). The highest BCUT2D eigenvalue weighted by Crippen LogP contribution is 2.18. The molecule has 26 heavy (non-hydrogen) atoms. The summed E-state index contributed by atoms with van der Waals surface area (Å²) in [5.41, 5.74) is 1.67. The van der Waals surface area contributed by atoms with E-state index in [9.17, 15) is 9.59 Å². The molecule has 0 spiro atoms. The van der Waals surface area contributed by atoms with Crippen LogP contribution in [-0.4, -0.2) is 47.4 Å². The fourth-order valence-corrected chi connectivity index (χ4v) is 3.19. The van der Waals surface area contributed by atoms with Gasteiger partial charge in [-0.25, -0.2) is 0 Å². The van der Waals surface area contributed by atoms with E-state index < -0.39 is 0 Å². The van der Waals surface area contributed by atoms with Gasteiger partial charge in [0.15, 0.2) is 0 Å². The lowest BCUT2D eigenvalue weighted by Gasteiger charge is -2.28. The summed E-state index contributed by atoms with van der Waals surface area (Å²) in [6, 6.07) is 10.8. The highest BCUT2D eigenvalue weighted by Gasteiger charge is 2.26. The van der Waals surface area contributed by atoms with Gasteiger partial charge in [-0.2, -0.15) is 0 Å². The lowest BCUT2D eigenvalue weighted by molar-refractivity contribution is 0.0692. The fourth-order valence-electron chi connectivity index (χ4n) is 3.19. The monoisotopic (exact) mass is 352 g/mol. The maximum absolute atomic E-state index is 13.0. The molecule has 6 heteroatoms. The van der Waals surface area contributed by atoms with Gasteiger partial charge in [0.2, 0.25) is 0 Å². The molecule has 2 aromatic rings. The largest absolute Gasteiger partial charge is 0.334 e. The summed E-state index contributed by atoms with van der Waals surface area (Å²) in [6.07, 6.45) is 5.03. The van der Waals surface area contributed by atoms with Crippen molar-refractivity contribution in [2.24, 2.45) is 0 Å². The van der Waals surface area contributed by atoms with Crippen LogP contribution in [0.15, 0.2) is 48.8 Å². The predicted molar refractivity (Wildman–Crippen MR) is 101 cm³/mol. The van der Waals surface area contributed by atoms with Gasteiger partial charge in [-0.05, 0) is 49.7 Å². The topological polar surface area (TPSA) is 74.3 Å². The SMILES string of the molecule is CCCN(C(=O)c1cccc(NC(=O)c2cccnc2)c1)C1CCNC1. The van der Waals surface area contributed by atoms with Crippen LogP contribution in [0, 0.1) is 0 Å². The number of pyridine rings is 1. The lowest BCUT2D eigenvalue weighted by atomic mass is 10.1. The number of hydrogen-bond acceptors (Lipinski definition) is 4. The van der Waals surface area contributed by atoms with E-state index >= 15 is 0 Å². The van der Waals surface area contributed by atoms with Crippen LogP contribution in [0.4, 0.5) is 5.69 Å². The third-order valence-corrected chi connectivity index (χ3v) is 4.49. The van der Waals surface area contributed by atoms with Gasteiger partial charge < -0.3 is 15.5 Å². The first kappa shape index (κ1) is 18.1. The number of aromatic nitrogens is 1. The van der Waals surface area contributed by atoms with Crippen LogP contribution in [0.2, 0.25) is 0 Å². The van der Waals surface area contributed by atoms with Crippen molar-refractivity contribution in [1.82, 2.24) is 15.2 Å². The Balaban J connectivity index is 1.75. The van der Waals surface area contributed by atoms with Crippen LogP contribution >= 0.6 is 0 Å². The Labute approximate surface area is 153 Å². The maximum Gasteiger partial charge on any atom is 0.257 e. The molecule has 1 saturated heterocycles. The van der Waals surface area contributed by atoms with Gasteiger partial charge >= 0.3 is 0 Å². The molecule has 1 unspecified atom stereocenters. The summed E-state index contributed by atoms with van der Waals surface area (Å²) in [4.78, 5) is 31.2. The van der Waals surface area contributed by atoms with Crippen LogP contribution in [0.5, 0.6) is 0 Å². The summed E-state index contributed by atoms with van der Waals surface area (Å²) in [5, 5.41) is 6.15. The Hall–Kier alpha value is -2.73. The van der Waals surface area contributed by atoms with E-state index in [-0.39, 0.29) is 17.9 Å². The van der Waals surface area contributed by atoms with E-state index in [1.807, 2.05) is 4.90 Å². The predicted octanol–water partition coefficient (Wildman–Crippen LogP) is 2.55. The van der Waals surface area contributed by atoms with E-state index in [0.717, 1.165) is 32.5 Å². The van der Waals surface area contributed by atoms with Gasteiger partial charge in [-0.3, -0.25) is 14.6 Å². The molecule has 0 bridgehead atoms. The van der Waals surface area contributed by atoms with Crippen LogP contribution in [0.25, 0.3) is 0 Å². The number of anilines is 1. The van der Waals surface area contributed by atoms with Gasteiger partial charge in [0.1, 0.15) is 0 Å². The van der Waals surface area contributed by atoms with Gasteiger partial charge in [0, 0.05) is 42.8 Å². The first-order valence-electron chi connectivity index (χ1n) is 9.02. The van der Waals surface area contributed by atoms with Gasteiger partial charge in [0.05, 0.1) is 5.56 Å². The minimum atomic E-state index is -0.242. The van der Waals surface area contributed by atoms with E-state index in [2.05, 4.69) is 22.5 Å². The van der Waals surface area contributed by atoms with Crippen molar-refractivity contribution in [3.8, 4) is 0 Å². The summed E-state index contributed by atoms with van der Waals surface area (Å²) in [7, 11) is 0. The summed E-state index contributed by atoms with van der Waals surface area (Å²) in [6.45, 7) is 4.59. The second kappa shape index (κ2) is 8.58. The molecule has 0 saturated carbocycles. The minimum absolute atomic E-state index is 0.0121. The summed E-state index contributed by atoms with van der Waals surface area (Å²) < 4.78 is 0. The molecule has 2 N–H and O–H groups in total.